The molecule has 0 bridgehead atoms. The zero-order valence-electron chi connectivity index (χ0n) is 11.2. The van der Waals surface area contributed by atoms with E-state index in [4.69, 9.17) is 5.11 Å². The van der Waals surface area contributed by atoms with Crippen LogP contribution in [0.5, 0.6) is 0 Å². The summed E-state index contributed by atoms with van der Waals surface area (Å²) >= 11 is 0. The number of nitrogens with zero attached hydrogens (tertiary/aromatic N) is 1. The lowest BCUT2D eigenvalue weighted by Crippen LogP contribution is -2.35. The van der Waals surface area contributed by atoms with Crippen LogP contribution in [0.4, 0.5) is 0 Å². The van der Waals surface area contributed by atoms with E-state index in [1.807, 2.05) is 6.07 Å². The Bertz CT molecular complexity index is 748. The highest BCUT2D eigenvalue weighted by Gasteiger charge is 2.05. The fourth-order valence-corrected chi connectivity index (χ4v) is 1.82. The predicted octanol–water partition coefficient (Wildman–Crippen LogP) is -0.655. The van der Waals surface area contributed by atoms with Crippen LogP contribution in [0.15, 0.2) is 46.1 Å². The summed E-state index contributed by atoms with van der Waals surface area (Å²) < 4.78 is 1.11. The number of hydrogen-bond donors (Lipinski definition) is 3. The summed E-state index contributed by atoms with van der Waals surface area (Å²) in [6.07, 6.45) is 1.27. The van der Waals surface area contributed by atoms with Gasteiger partial charge in [0.1, 0.15) is 6.54 Å². The van der Waals surface area contributed by atoms with E-state index in [2.05, 4.69) is 10.3 Å². The standard InChI is InChI=1S/C14H15N3O4/c18-9-11-3-1-2-10(6-11)7-15-13(20)8-17-5-4-12(19)16-14(17)21/h1-6,18H,7-9H2,(H,15,20)(H,16,19,21). The molecule has 3 N–H and O–H groups in total. The minimum absolute atomic E-state index is 0.0610. The number of carbonyl (C=O) groups excluding carboxylic acids is 1. The minimum atomic E-state index is -0.625. The number of carbonyl (C=O) groups is 1. The zero-order chi connectivity index (χ0) is 15.2. The van der Waals surface area contributed by atoms with Crippen molar-refractivity contribution in [3.8, 4) is 0 Å². The van der Waals surface area contributed by atoms with E-state index in [0.717, 1.165) is 15.7 Å². The Hall–Kier alpha value is -2.67. The molecule has 110 valence electrons. The van der Waals surface area contributed by atoms with Crippen molar-refractivity contribution in [2.45, 2.75) is 19.7 Å². The quantitative estimate of drug-likeness (QED) is 0.680. The summed E-state index contributed by atoms with van der Waals surface area (Å²) in [7, 11) is 0. The summed E-state index contributed by atoms with van der Waals surface area (Å²) in [5, 5.41) is 11.7. The minimum Gasteiger partial charge on any atom is -0.392 e. The molecule has 1 aromatic carbocycles. The summed E-state index contributed by atoms with van der Waals surface area (Å²) in [6, 6.07) is 8.36. The predicted molar refractivity (Wildman–Crippen MR) is 75.5 cm³/mol. The van der Waals surface area contributed by atoms with E-state index in [1.165, 1.54) is 12.3 Å². The Labute approximate surface area is 119 Å². The van der Waals surface area contributed by atoms with Crippen molar-refractivity contribution < 1.29 is 9.90 Å². The van der Waals surface area contributed by atoms with Gasteiger partial charge in [0.25, 0.3) is 5.56 Å². The van der Waals surface area contributed by atoms with Crippen molar-refractivity contribution >= 4 is 5.91 Å². The average molecular weight is 289 g/mol. The fraction of sp³-hybridized carbons (Fsp3) is 0.214. The molecule has 1 heterocycles. The molecular formula is C14H15N3O4. The molecule has 0 aliphatic rings. The highest BCUT2D eigenvalue weighted by molar-refractivity contribution is 5.75. The zero-order valence-corrected chi connectivity index (χ0v) is 11.2. The van der Waals surface area contributed by atoms with Gasteiger partial charge < -0.3 is 10.4 Å². The first kappa shape index (κ1) is 14.7. The van der Waals surface area contributed by atoms with Crippen molar-refractivity contribution in [1.82, 2.24) is 14.9 Å². The normalized spacial score (nSPS) is 10.3. The van der Waals surface area contributed by atoms with E-state index < -0.39 is 11.2 Å². The van der Waals surface area contributed by atoms with Gasteiger partial charge in [0.15, 0.2) is 0 Å². The van der Waals surface area contributed by atoms with Gasteiger partial charge in [-0.3, -0.25) is 19.1 Å². The molecule has 0 radical (unpaired) electrons. The van der Waals surface area contributed by atoms with Gasteiger partial charge in [-0.05, 0) is 11.1 Å². The smallest absolute Gasteiger partial charge is 0.328 e. The van der Waals surface area contributed by atoms with E-state index in [0.29, 0.717) is 6.54 Å². The van der Waals surface area contributed by atoms with Gasteiger partial charge in [0, 0.05) is 18.8 Å². The molecule has 7 nitrogen and oxygen atoms in total. The monoisotopic (exact) mass is 289 g/mol. The lowest BCUT2D eigenvalue weighted by atomic mass is 10.1. The first-order valence-corrected chi connectivity index (χ1v) is 6.33. The fourth-order valence-electron chi connectivity index (χ4n) is 1.82. The van der Waals surface area contributed by atoms with Gasteiger partial charge in [-0.2, -0.15) is 0 Å². The molecule has 2 rings (SSSR count). The van der Waals surface area contributed by atoms with Crippen molar-refractivity contribution in [3.63, 3.8) is 0 Å². The number of aromatic nitrogens is 2. The number of H-pyrrole nitrogens is 1. The highest BCUT2D eigenvalue weighted by Crippen LogP contribution is 2.04. The molecule has 2 aromatic rings. The second-order valence-electron chi connectivity index (χ2n) is 4.49. The van der Waals surface area contributed by atoms with E-state index in [9.17, 15) is 14.4 Å². The van der Waals surface area contributed by atoms with E-state index in [1.54, 1.807) is 18.2 Å². The number of aliphatic hydroxyl groups excluding tert-OH is 1. The number of aromatic amines is 1. The SMILES string of the molecule is O=C(Cn1ccc(=O)[nH]c1=O)NCc1cccc(CO)c1. The van der Waals surface area contributed by atoms with Gasteiger partial charge in [-0.1, -0.05) is 24.3 Å². The third-order valence-electron chi connectivity index (χ3n) is 2.87. The summed E-state index contributed by atoms with van der Waals surface area (Å²) in [5.41, 5.74) is 0.486. The third-order valence-corrected chi connectivity index (χ3v) is 2.87. The van der Waals surface area contributed by atoms with Crippen LogP contribution in [0.2, 0.25) is 0 Å². The Kier molecular flexibility index (Phi) is 4.68. The van der Waals surface area contributed by atoms with Crippen molar-refractivity contribution in [2.75, 3.05) is 0 Å². The van der Waals surface area contributed by atoms with Gasteiger partial charge in [0.05, 0.1) is 6.61 Å². The average Bonchev–Trinajstić information content (AvgIpc) is 2.48. The number of nitrogens with one attached hydrogen (secondary N) is 2. The number of benzene rings is 1. The molecule has 0 aliphatic carbocycles. The molecular weight excluding hydrogens is 274 g/mol. The highest BCUT2D eigenvalue weighted by atomic mass is 16.3. The van der Waals surface area contributed by atoms with Crippen molar-refractivity contribution in [3.05, 3.63) is 68.5 Å². The molecule has 0 spiro atoms. The summed E-state index contributed by atoms with van der Waals surface area (Å²) in [4.78, 5) is 36.2. The lowest BCUT2D eigenvalue weighted by Gasteiger charge is -2.07. The van der Waals surface area contributed by atoms with Crippen LogP contribution in [-0.4, -0.2) is 20.6 Å². The maximum absolute atomic E-state index is 11.8. The van der Waals surface area contributed by atoms with Crippen LogP contribution in [-0.2, 0) is 24.5 Å². The summed E-state index contributed by atoms with van der Waals surface area (Å²) in [6.45, 7) is 0.0641. The van der Waals surface area contributed by atoms with Crippen LogP contribution in [0.3, 0.4) is 0 Å². The molecule has 1 amide bonds. The Morgan fingerprint density at radius 2 is 2.00 bits per heavy atom. The molecule has 0 saturated carbocycles. The maximum Gasteiger partial charge on any atom is 0.328 e. The number of amides is 1. The Balaban J connectivity index is 1.95. The van der Waals surface area contributed by atoms with Gasteiger partial charge in [0.2, 0.25) is 5.91 Å². The molecule has 7 heteroatoms. The molecule has 0 fully saturated rings. The topological polar surface area (TPSA) is 104 Å². The molecule has 21 heavy (non-hydrogen) atoms. The Morgan fingerprint density at radius 1 is 1.24 bits per heavy atom. The van der Waals surface area contributed by atoms with Crippen LogP contribution in [0.1, 0.15) is 11.1 Å². The third kappa shape index (κ3) is 4.15. The summed E-state index contributed by atoms with van der Waals surface area (Å²) in [5.74, 6) is -0.349. The molecule has 0 saturated heterocycles. The largest absolute Gasteiger partial charge is 0.392 e. The first-order valence-electron chi connectivity index (χ1n) is 6.33. The van der Waals surface area contributed by atoms with Crippen LogP contribution < -0.4 is 16.6 Å². The van der Waals surface area contributed by atoms with Gasteiger partial charge in [-0.25, -0.2) is 4.79 Å². The molecule has 0 unspecified atom stereocenters. The van der Waals surface area contributed by atoms with Crippen LogP contribution >= 0.6 is 0 Å². The van der Waals surface area contributed by atoms with E-state index in [-0.39, 0.29) is 19.1 Å². The van der Waals surface area contributed by atoms with Gasteiger partial charge in [-0.15, -0.1) is 0 Å². The Morgan fingerprint density at radius 3 is 2.71 bits per heavy atom. The first-order chi connectivity index (χ1) is 10.1. The van der Waals surface area contributed by atoms with Crippen molar-refractivity contribution in [2.24, 2.45) is 0 Å². The number of hydrogen-bond acceptors (Lipinski definition) is 4. The maximum atomic E-state index is 11.8. The van der Waals surface area contributed by atoms with Crippen LogP contribution in [0, 0.1) is 0 Å². The van der Waals surface area contributed by atoms with Gasteiger partial charge >= 0.3 is 5.69 Å². The number of rotatable bonds is 5. The van der Waals surface area contributed by atoms with Crippen LogP contribution in [0.25, 0.3) is 0 Å². The molecule has 0 aliphatic heterocycles. The molecule has 0 atom stereocenters. The second-order valence-corrected chi connectivity index (χ2v) is 4.49. The lowest BCUT2D eigenvalue weighted by molar-refractivity contribution is -0.121. The second kappa shape index (κ2) is 6.67. The number of aliphatic hydroxyl groups is 1. The van der Waals surface area contributed by atoms with Crippen molar-refractivity contribution in [1.29, 1.82) is 0 Å². The molecule has 1 aromatic heterocycles. The van der Waals surface area contributed by atoms with E-state index >= 15 is 0 Å².